The van der Waals surface area contributed by atoms with Crippen molar-refractivity contribution >= 4 is 12.0 Å². The maximum Gasteiger partial charge on any atom is 0.326 e. The Balaban J connectivity index is 1.85. The van der Waals surface area contributed by atoms with Crippen LogP contribution in [0, 0.1) is 5.41 Å². The van der Waals surface area contributed by atoms with E-state index in [2.05, 4.69) is 12.2 Å². The number of aliphatic carboxylic acids is 1. The molecular weight excluding hydrogens is 244 g/mol. The van der Waals surface area contributed by atoms with E-state index in [1.165, 1.54) is 24.2 Å². The van der Waals surface area contributed by atoms with Gasteiger partial charge in [-0.3, -0.25) is 0 Å². The molecule has 0 spiro atoms. The van der Waals surface area contributed by atoms with E-state index in [9.17, 15) is 9.59 Å². The number of likely N-dealkylation sites (tertiary alicyclic amines) is 1. The van der Waals surface area contributed by atoms with E-state index in [1.807, 2.05) is 0 Å². The molecule has 0 aromatic rings. The second kappa shape index (κ2) is 5.80. The van der Waals surface area contributed by atoms with Gasteiger partial charge in [-0.25, -0.2) is 9.59 Å². The quantitative estimate of drug-likeness (QED) is 0.824. The zero-order chi connectivity index (χ0) is 13.9. The summed E-state index contributed by atoms with van der Waals surface area (Å²) in [6.45, 7) is 3.43. The van der Waals surface area contributed by atoms with Crippen molar-refractivity contribution in [2.75, 3.05) is 13.1 Å². The highest BCUT2D eigenvalue weighted by molar-refractivity contribution is 5.83. The van der Waals surface area contributed by atoms with E-state index < -0.39 is 12.0 Å². The molecule has 2 aliphatic rings. The van der Waals surface area contributed by atoms with Crippen LogP contribution in [0.3, 0.4) is 0 Å². The number of carboxylic acids is 1. The Morgan fingerprint density at radius 1 is 1.26 bits per heavy atom. The Hall–Kier alpha value is -1.26. The third kappa shape index (κ3) is 3.39. The van der Waals surface area contributed by atoms with Crippen LogP contribution in [0.15, 0.2) is 0 Å². The van der Waals surface area contributed by atoms with Gasteiger partial charge in [0.2, 0.25) is 0 Å². The molecule has 108 valence electrons. The van der Waals surface area contributed by atoms with Crippen LogP contribution < -0.4 is 5.32 Å². The predicted molar refractivity (Wildman–Crippen MR) is 72.0 cm³/mol. The number of hydrogen-bond donors (Lipinski definition) is 2. The number of carbonyl (C=O) groups is 2. The molecule has 5 nitrogen and oxygen atoms in total. The van der Waals surface area contributed by atoms with Crippen LogP contribution in [-0.4, -0.2) is 41.1 Å². The largest absolute Gasteiger partial charge is 0.480 e. The van der Waals surface area contributed by atoms with E-state index in [4.69, 9.17) is 5.11 Å². The summed E-state index contributed by atoms with van der Waals surface area (Å²) >= 11 is 0. The first-order chi connectivity index (χ1) is 9.02. The van der Waals surface area contributed by atoms with Crippen molar-refractivity contribution < 1.29 is 14.7 Å². The Labute approximate surface area is 114 Å². The molecule has 2 rings (SSSR count). The second-order valence-corrected chi connectivity index (χ2v) is 6.22. The van der Waals surface area contributed by atoms with Crippen LogP contribution in [0.5, 0.6) is 0 Å². The van der Waals surface area contributed by atoms with Crippen LogP contribution in [0.4, 0.5) is 4.79 Å². The summed E-state index contributed by atoms with van der Waals surface area (Å²) in [5.41, 5.74) is 0.187. The van der Waals surface area contributed by atoms with E-state index in [0.29, 0.717) is 19.5 Å². The maximum atomic E-state index is 12.1. The van der Waals surface area contributed by atoms with Crippen LogP contribution in [0.2, 0.25) is 0 Å². The molecule has 1 aliphatic carbocycles. The number of rotatable bonds is 3. The average molecular weight is 268 g/mol. The summed E-state index contributed by atoms with van der Waals surface area (Å²) in [6, 6.07) is -0.851. The lowest BCUT2D eigenvalue weighted by Crippen LogP contribution is -2.48. The summed E-state index contributed by atoms with van der Waals surface area (Å²) in [7, 11) is 0. The van der Waals surface area contributed by atoms with Gasteiger partial charge in [0.15, 0.2) is 0 Å². The van der Waals surface area contributed by atoms with E-state index >= 15 is 0 Å². The van der Waals surface area contributed by atoms with Crippen molar-refractivity contribution in [1.82, 2.24) is 10.2 Å². The molecule has 1 unspecified atom stereocenters. The van der Waals surface area contributed by atoms with Gasteiger partial charge >= 0.3 is 12.0 Å². The normalized spacial score (nSPS) is 26.2. The number of carbonyl (C=O) groups excluding carboxylic acids is 1. The van der Waals surface area contributed by atoms with Gasteiger partial charge in [-0.2, -0.15) is 0 Å². The van der Waals surface area contributed by atoms with Crippen molar-refractivity contribution in [3.05, 3.63) is 0 Å². The minimum atomic E-state index is -0.892. The van der Waals surface area contributed by atoms with Gasteiger partial charge < -0.3 is 15.3 Å². The van der Waals surface area contributed by atoms with Crippen molar-refractivity contribution in [1.29, 1.82) is 0 Å². The van der Waals surface area contributed by atoms with Crippen molar-refractivity contribution in [3.8, 4) is 0 Å². The van der Waals surface area contributed by atoms with Gasteiger partial charge in [-0.05, 0) is 31.1 Å². The minimum Gasteiger partial charge on any atom is -0.480 e. The molecule has 1 saturated heterocycles. The van der Waals surface area contributed by atoms with Crippen LogP contribution >= 0.6 is 0 Å². The third-order valence-corrected chi connectivity index (χ3v) is 4.53. The smallest absolute Gasteiger partial charge is 0.326 e. The molecule has 1 heterocycles. The van der Waals surface area contributed by atoms with Crippen LogP contribution in [-0.2, 0) is 4.79 Å². The zero-order valence-electron chi connectivity index (χ0n) is 11.7. The zero-order valence-corrected chi connectivity index (χ0v) is 11.7. The number of urea groups is 1. The topological polar surface area (TPSA) is 69.6 Å². The number of hydrogen-bond acceptors (Lipinski definition) is 2. The van der Waals surface area contributed by atoms with Gasteiger partial charge in [0.05, 0.1) is 0 Å². The molecule has 1 atom stereocenters. The molecule has 2 amide bonds. The predicted octanol–water partition coefficient (Wildman–Crippen LogP) is 2.22. The highest BCUT2D eigenvalue weighted by Gasteiger charge is 2.35. The Morgan fingerprint density at radius 2 is 1.95 bits per heavy atom. The fourth-order valence-corrected chi connectivity index (χ4v) is 3.24. The monoisotopic (exact) mass is 268 g/mol. The molecule has 1 aliphatic heterocycles. The van der Waals surface area contributed by atoms with E-state index in [0.717, 1.165) is 19.3 Å². The van der Waals surface area contributed by atoms with Gasteiger partial charge in [-0.15, -0.1) is 0 Å². The van der Waals surface area contributed by atoms with Crippen LogP contribution in [0.25, 0.3) is 0 Å². The fraction of sp³-hybridized carbons (Fsp3) is 0.857. The molecule has 0 radical (unpaired) electrons. The second-order valence-electron chi connectivity index (χ2n) is 6.22. The number of carboxylic acid groups (broad SMARTS) is 1. The number of amides is 2. The molecule has 0 bridgehead atoms. The first-order valence-electron chi connectivity index (χ1n) is 7.29. The first-order valence-corrected chi connectivity index (χ1v) is 7.29. The summed E-state index contributed by atoms with van der Waals surface area (Å²) in [4.78, 5) is 24.6. The summed E-state index contributed by atoms with van der Waals surface area (Å²) in [5, 5.41) is 12.0. The van der Waals surface area contributed by atoms with E-state index in [-0.39, 0.29) is 11.4 Å². The van der Waals surface area contributed by atoms with Gasteiger partial charge in [0.25, 0.3) is 0 Å². The van der Waals surface area contributed by atoms with E-state index in [1.54, 1.807) is 0 Å². The number of nitrogens with one attached hydrogen (secondary N) is 1. The Kier molecular flexibility index (Phi) is 4.32. The third-order valence-electron chi connectivity index (χ3n) is 4.53. The summed E-state index contributed by atoms with van der Waals surface area (Å²) < 4.78 is 0. The molecule has 1 saturated carbocycles. The van der Waals surface area contributed by atoms with Crippen molar-refractivity contribution in [3.63, 3.8) is 0 Å². The standard InChI is InChI=1S/C14H24N2O3/c1-14(7-3-2-4-8-14)10-15-13(19)16-9-5-6-11(16)12(17)18/h11H,2-10H2,1H3,(H,15,19)(H,17,18). The molecule has 2 N–H and O–H groups in total. The molecule has 0 aromatic carbocycles. The molecule has 0 aromatic heterocycles. The fourth-order valence-electron chi connectivity index (χ4n) is 3.24. The lowest BCUT2D eigenvalue weighted by Gasteiger charge is -2.34. The molecular formula is C14H24N2O3. The molecule has 5 heteroatoms. The lowest BCUT2D eigenvalue weighted by molar-refractivity contribution is -0.141. The summed E-state index contributed by atoms with van der Waals surface area (Å²) in [5.74, 6) is -0.892. The lowest BCUT2D eigenvalue weighted by atomic mass is 9.76. The van der Waals surface area contributed by atoms with Crippen molar-refractivity contribution in [2.24, 2.45) is 5.41 Å². The number of nitrogens with zero attached hydrogens (tertiary/aromatic N) is 1. The molecule has 19 heavy (non-hydrogen) atoms. The highest BCUT2D eigenvalue weighted by Crippen LogP contribution is 2.35. The Morgan fingerprint density at radius 3 is 2.58 bits per heavy atom. The minimum absolute atomic E-state index is 0.187. The summed E-state index contributed by atoms with van der Waals surface area (Å²) in [6.07, 6.45) is 7.39. The SMILES string of the molecule is CC1(CNC(=O)N2CCCC2C(=O)O)CCCCC1. The first kappa shape index (κ1) is 14.2. The highest BCUT2D eigenvalue weighted by atomic mass is 16.4. The molecule has 2 fully saturated rings. The van der Waals surface area contributed by atoms with Crippen molar-refractivity contribution in [2.45, 2.75) is 57.9 Å². The van der Waals surface area contributed by atoms with Gasteiger partial charge in [0, 0.05) is 13.1 Å². The van der Waals surface area contributed by atoms with Gasteiger partial charge in [-0.1, -0.05) is 26.2 Å². The van der Waals surface area contributed by atoms with Gasteiger partial charge in [0.1, 0.15) is 6.04 Å². The average Bonchev–Trinajstić information content (AvgIpc) is 2.86. The maximum absolute atomic E-state index is 12.1. The Bertz CT molecular complexity index is 351. The van der Waals surface area contributed by atoms with Crippen LogP contribution in [0.1, 0.15) is 51.9 Å².